The van der Waals surface area contributed by atoms with E-state index in [0.29, 0.717) is 5.25 Å². The zero-order valence-electron chi connectivity index (χ0n) is 7.60. The van der Waals surface area contributed by atoms with Gasteiger partial charge in [0.25, 0.3) is 0 Å². The van der Waals surface area contributed by atoms with Crippen LogP contribution in [0.2, 0.25) is 0 Å². The number of benzene rings is 1. The molecule has 0 bridgehead atoms. The average molecular weight is 184 g/mol. The molecule has 1 unspecified atom stereocenters. The van der Waals surface area contributed by atoms with E-state index in [1.807, 2.05) is 13.0 Å². The monoisotopic (exact) mass is 184 g/mol. The lowest BCUT2D eigenvalue weighted by atomic mass is 10.1. The molecule has 0 aliphatic carbocycles. The first-order valence-corrected chi connectivity index (χ1v) is 5.22. The first-order valence-electron chi connectivity index (χ1n) is 3.94. The highest BCUT2D eigenvalue weighted by atomic mass is 32.2. The summed E-state index contributed by atoms with van der Waals surface area (Å²) in [5.74, 6) is -0.149. The maximum absolute atomic E-state index is 12.7. The first-order chi connectivity index (χ1) is 5.65. The predicted octanol–water partition coefficient (Wildman–Crippen LogP) is 3.56. The molecule has 0 saturated heterocycles. The predicted molar refractivity (Wildman–Crippen MR) is 53.1 cm³/mol. The Morgan fingerprint density at radius 3 is 2.58 bits per heavy atom. The van der Waals surface area contributed by atoms with Crippen LogP contribution in [0.5, 0.6) is 0 Å². The van der Waals surface area contributed by atoms with Crippen molar-refractivity contribution in [1.29, 1.82) is 0 Å². The molecule has 0 heterocycles. The molecule has 0 saturated carbocycles. The molecule has 1 rings (SSSR count). The van der Waals surface area contributed by atoms with Crippen LogP contribution in [0.25, 0.3) is 0 Å². The topological polar surface area (TPSA) is 0 Å². The van der Waals surface area contributed by atoms with Crippen molar-refractivity contribution in [2.45, 2.75) is 19.1 Å². The van der Waals surface area contributed by atoms with Crippen molar-refractivity contribution in [1.82, 2.24) is 0 Å². The second kappa shape index (κ2) is 3.94. The number of thioether (sulfide) groups is 1. The van der Waals surface area contributed by atoms with Gasteiger partial charge in [0, 0.05) is 5.25 Å². The van der Waals surface area contributed by atoms with Crippen molar-refractivity contribution >= 4 is 11.8 Å². The van der Waals surface area contributed by atoms with Gasteiger partial charge in [0.1, 0.15) is 5.82 Å². The summed E-state index contributed by atoms with van der Waals surface area (Å²) >= 11 is 1.78. The summed E-state index contributed by atoms with van der Waals surface area (Å²) in [6.07, 6.45) is 2.06. The van der Waals surface area contributed by atoms with Crippen molar-refractivity contribution in [2.75, 3.05) is 6.26 Å². The number of rotatable bonds is 2. The lowest BCUT2D eigenvalue weighted by molar-refractivity contribution is 0.625. The van der Waals surface area contributed by atoms with Crippen LogP contribution in [-0.2, 0) is 0 Å². The van der Waals surface area contributed by atoms with Gasteiger partial charge in [0.2, 0.25) is 0 Å². The Labute approximate surface area is 77.2 Å². The van der Waals surface area contributed by atoms with Gasteiger partial charge in [0.15, 0.2) is 0 Å². The van der Waals surface area contributed by atoms with Crippen LogP contribution in [0.3, 0.4) is 0 Å². The summed E-state index contributed by atoms with van der Waals surface area (Å²) in [6, 6.07) is 4.98. The Balaban J connectivity index is 3.01. The van der Waals surface area contributed by atoms with Crippen LogP contribution in [0.1, 0.15) is 23.3 Å². The van der Waals surface area contributed by atoms with Crippen LogP contribution in [0, 0.1) is 12.7 Å². The fourth-order valence-corrected chi connectivity index (χ4v) is 1.74. The van der Waals surface area contributed by atoms with Crippen molar-refractivity contribution in [3.05, 3.63) is 35.1 Å². The molecule has 0 fully saturated rings. The Bertz CT molecular complexity index is 271. The molecule has 1 aromatic carbocycles. The molecule has 0 spiro atoms. The maximum Gasteiger partial charge on any atom is 0.123 e. The quantitative estimate of drug-likeness (QED) is 0.677. The number of aryl methyl sites for hydroxylation is 1. The summed E-state index contributed by atoms with van der Waals surface area (Å²) in [5.41, 5.74) is 2.26. The van der Waals surface area contributed by atoms with Gasteiger partial charge >= 0.3 is 0 Å². The minimum atomic E-state index is -0.149. The van der Waals surface area contributed by atoms with Gasteiger partial charge < -0.3 is 0 Å². The Morgan fingerprint density at radius 1 is 1.42 bits per heavy atom. The Morgan fingerprint density at radius 2 is 2.08 bits per heavy atom. The SMILES string of the molecule is CSC(C)c1ccc(F)cc1C. The molecular formula is C10H13FS. The third-order valence-electron chi connectivity index (χ3n) is 2.02. The third-order valence-corrected chi connectivity index (χ3v) is 2.98. The van der Waals surface area contributed by atoms with Crippen LogP contribution in [0.4, 0.5) is 4.39 Å². The van der Waals surface area contributed by atoms with Gasteiger partial charge in [-0.05, 0) is 43.4 Å². The zero-order chi connectivity index (χ0) is 9.14. The van der Waals surface area contributed by atoms with Gasteiger partial charge in [-0.2, -0.15) is 11.8 Å². The number of hydrogen-bond acceptors (Lipinski definition) is 1. The molecule has 0 nitrogen and oxygen atoms in total. The van der Waals surface area contributed by atoms with E-state index in [1.54, 1.807) is 17.8 Å². The highest BCUT2D eigenvalue weighted by Crippen LogP contribution is 2.28. The Hall–Kier alpha value is -0.500. The summed E-state index contributed by atoms with van der Waals surface area (Å²) in [6.45, 7) is 4.08. The van der Waals surface area contributed by atoms with E-state index in [4.69, 9.17) is 0 Å². The Kier molecular flexibility index (Phi) is 3.15. The van der Waals surface area contributed by atoms with E-state index in [2.05, 4.69) is 13.2 Å². The minimum Gasteiger partial charge on any atom is -0.207 e. The third kappa shape index (κ3) is 2.01. The van der Waals surface area contributed by atoms with E-state index in [-0.39, 0.29) is 5.82 Å². The molecule has 0 aliphatic heterocycles. The van der Waals surface area contributed by atoms with Gasteiger partial charge in [0.05, 0.1) is 0 Å². The molecule has 1 aromatic rings. The van der Waals surface area contributed by atoms with Gasteiger partial charge in [-0.1, -0.05) is 6.07 Å². The number of halogens is 1. The molecule has 0 aromatic heterocycles. The van der Waals surface area contributed by atoms with Crippen molar-refractivity contribution in [3.8, 4) is 0 Å². The average Bonchev–Trinajstić information content (AvgIpc) is 2.03. The number of hydrogen-bond donors (Lipinski definition) is 0. The molecule has 2 heteroatoms. The zero-order valence-corrected chi connectivity index (χ0v) is 8.41. The first kappa shape index (κ1) is 9.59. The van der Waals surface area contributed by atoms with Crippen LogP contribution >= 0.6 is 11.8 Å². The molecule has 66 valence electrons. The van der Waals surface area contributed by atoms with Crippen molar-refractivity contribution < 1.29 is 4.39 Å². The minimum absolute atomic E-state index is 0.149. The van der Waals surface area contributed by atoms with E-state index < -0.39 is 0 Å². The van der Waals surface area contributed by atoms with E-state index in [1.165, 1.54) is 11.6 Å². The van der Waals surface area contributed by atoms with Gasteiger partial charge in [-0.15, -0.1) is 0 Å². The lowest BCUT2D eigenvalue weighted by Crippen LogP contribution is -1.92. The largest absolute Gasteiger partial charge is 0.207 e. The van der Waals surface area contributed by atoms with Gasteiger partial charge in [-0.3, -0.25) is 0 Å². The fourth-order valence-electron chi connectivity index (χ4n) is 1.22. The molecule has 0 amide bonds. The lowest BCUT2D eigenvalue weighted by Gasteiger charge is -2.11. The second-order valence-corrected chi connectivity index (χ2v) is 4.06. The maximum atomic E-state index is 12.7. The van der Waals surface area contributed by atoms with Gasteiger partial charge in [-0.25, -0.2) is 4.39 Å². The summed E-state index contributed by atoms with van der Waals surface area (Å²) in [4.78, 5) is 0. The molecule has 0 aliphatic rings. The second-order valence-electron chi connectivity index (χ2n) is 2.88. The van der Waals surface area contributed by atoms with Crippen LogP contribution in [0.15, 0.2) is 18.2 Å². The summed E-state index contributed by atoms with van der Waals surface area (Å²) in [5, 5.41) is 0.450. The highest BCUT2D eigenvalue weighted by Gasteiger charge is 2.06. The van der Waals surface area contributed by atoms with Crippen LogP contribution < -0.4 is 0 Å². The standard InChI is InChI=1S/C10H13FS/c1-7-6-9(11)4-5-10(7)8(2)12-3/h4-6,8H,1-3H3. The van der Waals surface area contributed by atoms with E-state index in [9.17, 15) is 4.39 Å². The fraction of sp³-hybridized carbons (Fsp3) is 0.400. The summed E-state index contributed by atoms with van der Waals surface area (Å²) < 4.78 is 12.7. The van der Waals surface area contributed by atoms with Crippen molar-refractivity contribution in [3.63, 3.8) is 0 Å². The summed E-state index contributed by atoms with van der Waals surface area (Å²) in [7, 11) is 0. The smallest absolute Gasteiger partial charge is 0.123 e. The van der Waals surface area contributed by atoms with Crippen molar-refractivity contribution in [2.24, 2.45) is 0 Å². The molecule has 1 atom stereocenters. The van der Waals surface area contributed by atoms with Crippen LogP contribution in [-0.4, -0.2) is 6.26 Å². The normalized spacial score (nSPS) is 13.0. The van der Waals surface area contributed by atoms with E-state index >= 15 is 0 Å². The molecule has 12 heavy (non-hydrogen) atoms. The van der Waals surface area contributed by atoms with E-state index in [0.717, 1.165) is 5.56 Å². The molecule has 0 N–H and O–H groups in total. The highest BCUT2D eigenvalue weighted by molar-refractivity contribution is 7.98. The molecular weight excluding hydrogens is 171 g/mol. The molecule has 0 radical (unpaired) electrons.